The highest BCUT2D eigenvalue weighted by molar-refractivity contribution is 5.31. The fourth-order valence-corrected chi connectivity index (χ4v) is 1.10. The Morgan fingerprint density at radius 2 is 2.30 bits per heavy atom. The normalized spacial score (nSPS) is 27.2. The first-order valence-electron chi connectivity index (χ1n) is 3.36. The van der Waals surface area contributed by atoms with Crippen LogP contribution in [0.2, 0.25) is 0 Å². The standard InChI is InChI=1S/C9H8N/c1-2-4-8-6-7-10-9(8)5-3-1/h1-5,7-8,10H. The summed E-state index contributed by atoms with van der Waals surface area (Å²) >= 11 is 0. The Morgan fingerprint density at radius 3 is 3.30 bits per heavy atom. The summed E-state index contributed by atoms with van der Waals surface area (Å²) < 4.78 is 0. The van der Waals surface area contributed by atoms with Crippen molar-refractivity contribution in [2.75, 3.05) is 0 Å². The second-order valence-electron chi connectivity index (χ2n) is 2.32. The van der Waals surface area contributed by atoms with Gasteiger partial charge in [0.1, 0.15) is 0 Å². The molecular formula is C9H8N. The van der Waals surface area contributed by atoms with Gasteiger partial charge in [0.15, 0.2) is 0 Å². The molecule has 1 heterocycles. The molecule has 1 aliphatic carbocycles. The van der Waals surface area contributed by atoms with E-state index >= 15 is 0 Å². The third-order valence-electron chi connectivity index (χ3n) is 1.64. The van der Waals surface area contributed by atoms with Crippen molar-refractivity contribution in [1.29, 1.82) is 0 Å². The summed E-state index contributed by atoms with van der Waals surface area (Å²) in [5, 5.41) is 3.12. The van der Waals surface area contributed by atoms with Crippen molar-refractivity contribution in [1.82, 2.24) is 5.32 Å². The van der Waals surface area contributed by atoms with E-state index in [9.17, 15) is 0 Å². The average Bonchev–Trinajstić information content (AvgIpc) is 2.28. The molecule has 2 rings (SSSR count). The van der Waals surface area contributed by atoms with Crippen LogP contribution in [-0.2, 0) is 0 Å². The molecule has 0 fully saturated rings. The van der Waals surface area contributed by atoms with Gasteiger partial charge in [-0.15, -0.1) is 0 Å². The zero-order chi connectivity index (χ0) is 6.81. The summed E-state index contributed by atoms with van der Waals surface area (Å²) in [5.41, 5.74) is 1.21. The van der Waals surface area contributed by atoms with Crippen LogP contribution in [-0.4, -0.2) is 0 Å². The third kappa shape index (κ3) is 0.798. The van der Waals surface area contributed by atoms with Crippen molar-refractivity contribution in [3.8, 4) is 0 Å². The van der Waals surface area contributed by atoms with Gasteiger partial charge in [-0.05, 0) is 12.2 Å². The van der Waals surface area contributed by atoms with Crippen LogP contribution in [0.25, 0.3) is 0 Å². The highest BCUT2D eigenvalue weighted by Crippen LogP contribution is 2.17. The largest absolute Gasteiger partial charge is 0.364 e. The molecule has 0 spiro atoms. The minimum atomic E-state index is 0.356. The van der Waals surface area contributed by atoms with Crippen LogP contribution in [0.15, 0.2) is 42.3 Å². The van der Waals surface area contributed by atoms with Gasteiger partial charge >= 0.3 is 0 Å². The van der Waals surface area contributed by atoms with Gasteiger partial charge in [0, 0.05) is 17.8 Å². The molecule has 0 saturated heterocycles. The maximum atomic E-state index is 3.17. The molecule has 1 nitrogen and oxygen atoms in total. The van der Waals surface area contributed by atoms with Crippen molar-refractivity contribution in [2.45, 2.75) is 0 Å². The fourth-order valence-electron chi connectivity index (χ4n) is 1.10. The highest BCUT2D eigenvalue weighted by Gasteiger charge is 2.11. The zero-order valence-corrected chi connectivity index (χ0v) is 5.54. The van der Waals surface area contributed by atoms with Crippen LogP contribution in [0.5, 0.6) is 0 Å². The number of hydrogen-bond acceptors (Lipinski definition) is 1. The molecule has 0 bridgehead atoms. The number of allylic oxidation sites excluding steroid dienone is 5. The van der Waals surface area contributed by atoms with E-state index in [1.807, 2.05) is 24.4 Å². The summed E-state index contributed by atoms with van der Waals surface area (Å²) in [6.45, 7) is 0. The second kappa shape index (κ2) is 2.18. The van der Waals surface area contributed by atoms with Crippen LogP contribution >= 0.6 is 0 Å². The lowest BCUT2D eigenvalue weighted by molar-refractivity contribution is 0.917. The monoisotopic (exact) mass is 130 g/mol. The van der Waals surface area contributed by atoms with E-state index in [0.29, 0.717) is 5.92 Å². The molecule has 2 aliphatic rings. The van der Waals surface area contributed by atoms with Crippen LogP contribution in [0.3, 0.4) is 0 Å². The molecule has 0 aromatic rings. The smallest absolute Gasteiger partial charge is 0.0441 e. The molecule has 1 N–H and O–H groups in total. The first kappa shape index (κ1) is 5.54. The summed E-state index contributed by atoms with van der Waals surface area (Å²) in [6.07, 6.45) is 15.3. The average molecular weight is 130 g/mol. The number of nitrogens with one attached hydrogen (secondary N) is 1. The number of rotatable bonds is 0. The molecule has 1 radical (unpaired) electrons. The molecule has 49 valence electrons. The van der Waals surface area contributed by atoms with Gasteiger partial charge in [-0.2, -0.15) is 0 Å². The van der Waals surface area contributed by atoms with Crippen molar-refractivity contribution >= 4 is 0 Å². The van der Waals surface area contributed by atoms with Gasteiger partial charge in [0.2, 0.25) is 0 Å². The van der Waals surface area contributed by atoms with E-state index in [2.05, 4.69) is 23.5 Å². The van der Waals surface area contributed by atoms with E-state index in [0.717, 1.165) is 0 Å². The quantitative estimate of drug-likeness (QED) is 0.524. The Balaban J connectivity index is 2.35. The maximum absolute atomic E-state index is 3.17. The Hall–Kier alpha value is -1.24. The zero-order valence-electron chi connectivity index (χ0n) is 5.54. The number of hydrogen-bond donors (Lipinski definition) is 1. The van der Waals surface area contributed by atoms with E-state index in [-0.39, 0.29) is 0 Å². The summed E-state index contributed by atoms with van der Waals surface area (Å²) in [7, 11) is 0. The summed E-state index contributed by atoms with van der Waals surface area (Å²) in [6, 6.07) is 0. The maximum Gasteiger partial charge on any atom is 0.0441 e. The van der Waals surface area contributed by atoms with Gasteiger partial charge in [-0.3, -0.25) is 0 Å². The SMILES string of the molecule is [C]1=CNC2=CC=CC=CC12. The van der Waals surface area contributed by atoms with Crippen molar-refractivity contribution in [3.05, 3.63) is 48.4 Å². The Morgan fingerprint density at radius 1 is 1.30 bits per heavy atom. The predicted octanol–water partition coefficient (Wildman–Crippen LogP) is 1.53. The highest BCUT2D eigenvalue weighted by atomic mass is 14.9. The van der Waals surface area contributed by atoms with Gasteiger partial charge in [0.25, 0.3) is 0 Å². The molecule has 0 amide bonds. The van der Waals surface area contributed by atoms with Crippen molar-refractivity contribution in [2.24, 2.45) is 5.92 Å². The first-order valence-corrected chi connectivity index (χ1v) is 3.36. The van der Waals surface area contributed by atoms with Gasteiger partial charge in [-0.25, -0.2) is 0 Å². The van der Waals surface area contributed by atoms with Crippen LogP contribution in [0.4, 0.5) is 0 Å². The Bertz CT molecular complexity index is 243. The van der Waals surface area contributed by atoms with Crippen LogP contribution in [0, 0.1) is 12.0 Å². The topological polar surface area (TPSA) is 12.0 Å². The summed E-state index contributed by atoms with van der Waals surface area (Å²) in [5.74, 6) is 0.356. The molecule has 1 unspecified atom stereocenters. The molecule has 1 atom stereocenters. The molecule has 0 saturated carbocycles. The molecule has 10 heavy (non-hydrogen) atoms. The minimum Gasteiger partial charge on any atom is -0.364 e. The molecule has 0 aromatic carbocycles. The lowest BCUT2D eigenvalue weighted by Crippen LogP contribution is -2.03. The van der Waals surface area contributed by atoms with E-state index < -0.39 is 0 Å². The molecule has 0 aromatic heterocycles. The van der Waals surface area contributed by atoms with Crippen LogP contribution in [0.1, 0.15) is 0 Å². The van der Waals surface area contributed by atoms with E-state index in [4.69, 9.17) is 0 Å². The van der Waals surface area contributed by atoms with Gasteiger partial charge < -0.3 is 5.32 Å². The molecular weight excluding hydrogens is 122 g/mol. The lowest BCUT2D eigenvalue weighted by atomic mass is 10.1. The van der Waals surface area contributed by atoms with Crippen LogP contribution < -0.4 is 5.32 Å². The van der Waals surface area contributed by atoms with Gasteiger partial charge in [0.05, 0.1) is 0 Å². The molecule has 1 heteroatoms. The predicted molar refractivity (Wildman–Crippen MR) is 40.8 cm³/mol. The summed E-state index contributed by atoms with van der Waals surface area (Å²) in [4.78, 5) is 0. The Kier molecular flexibility index (Phi) is 1.21. The second-order valence-corrected chi connectivity index (χ2v) is 2.32. The first-order chi connectivity index (χ1) is 4.97. The van der Waals surface area contributed by atoms with Crippen molar-refractivity contribution < 1.29 is 0 Å². The third-order valence-corrected chi connectivity index (χ3v) is 1.64. The fraction of sp³-hybridized carbons (Fsp3) is 0.111. The van der Waals surface area contributed by atoms with Crippen molar-refractivity contribution in [3.63, 3.8) is 0 Å². The van der Waals surface area contributed by atoms with Gasteiger partial charge in [-0.1, -0.05) is 24.3 Å². The van der Waals surface area contributed by atoms with E-state index in [1.165, 1.54) is 5.70 Å². The lowest BCUT2D eigenvalue weighted by Gasteiger charge is -2.01. The number of fused-ring (bicyclic) bond motifs is 1. The molecule has 1 aliphatic heterocycles. The van der Waals surface area contributed by atoms with E-state index in [1.54, 1.807) is 0 Å². The minimum absolute atomic E-state index is 0.356. The Labute approximate surface area is 60.4 Å².